The third kappa shape index (κ3) is 3.63. The smallest absolute Gasteiger partial charge is 0.335 e. The quantitative estimate of drug-likeness (QED) is 0.913. The summed E-state index contributed by atoms with van der Waals surface area (Å²) in [6, 6.07) is 5.78. The van der Waals surface area contributed by atoms with E-state index in [9.17, 15) is 14.4 Å². The van der Waals surface area contributed by atoms with Gasteiger partial charge in [-0.15, -0.1) is 0 Å². The first kappa shape index (κ1) is 16.0. The van der Waals surface area contributed by atoms with Gasteiger partial charge in [-0.1, -0.05) is 6.92 Å². The van der Waals surface area contributed by atoms with Crippen molar-refractivity contribution in [1.29, 1.82) is 0 Å². The normalized spacial score (nSPS) is 15.6. The van der Waals surface area contributed by atoms with Crippen molar-refractivity contribution in [1.82, 2.24) is 9.80 Å². The lowest BCUT2D eigenvalue weighted by Gasteiger charge is -2.21. The molecule has 1 N–H and O–H groups in total. The first-order valence-electron chi connectivity index (χ1n) is 7.43. The number of carbonyl (C=O) groups is 3. The van der Waals surface area contributed by atoms with Crippen LogP contribution in [0, 0.1) is 0 Å². The molecule has 1 aromatic rings. The maximum absolute atomic E-state index is 12.5. The first-order valence-corrected chi connectivity index (χ1v) is 7.43. The second-order valence-corrected chi connectivity index (χ2v) is 5.34. The molecule has 1 aliphatic heterocycles. The Balaban J connectivity index is 2.08. The Bertz CT molecular complexity index is 568. The van der Waals surface area contributed by atoms with Crippen LogP contribution in [0.5, 0.6) is 0 Å². The Morgan fingerprint density at radius 2 is 1.77 bits per heavy atom. The van der Waals surface area contributed by atoms with Crippen LogP contribution in [-0.4, -0.2) is 58.9 Å². The zero-order valence-corrected chi connectivity index (χ0v) is 12.6. The molecule has 0 aliphatic carbocycles. The van der Waals surface area contributed by atoms with Crippen LogP contribution in [0.15, 0.2) is 24.3 Å². The highest BCUT2D eigenvalue weighted by molar-refractivity contribution is 5.97. The van der Waals surface area contributed by atoms with E-state index in [-0.39, 0.29) is 23.9 Å². The summed E-state index contributed by atoms with van der Waals surface area (Å²) in [5.41, 5.74) is 0.541. The number of aromatic carboxylic acids is 1. The molecule has 22 heavy (non-hydrogen) atoms. The van der Waals surface area contributed by atoms with E-state index in [1.165, 1.54) is 29.2 Å². The topological polar surface area (TPSA) is 77.9 Å². The van der Waals surface area contributed by atoms with Gasteiger partial charge in [0, 0.05) is 25.2 Å². The van der Waals surface area contributed by atoms with E-state index in [2.05, 4.69) is 0 Å². The van der Waals surface area contributed by atoms with Crippen LogP contribution in [0.1, 0.15) is 40.5 Å². The molecule has 1 heterocycles. The summed E-state index contributed by atoms with van der Waals surface area (Å²) in [7, 11) is 0. The number of rotatable bonds is 4. The Morgan fingerprint density at radius 1 is 1.14 bits per heavy atom. The van der Waals surface area contributed by atoms with Gasteiger partial charge in [0.1, 0.15) is 6.54 Å². The number of carbonyl (C=O) groups excluding carboxylic acids is 2. The number of hydrogen-bond acceptors (Lipinski definition) is 3. The van der Waals surface area contributed by atoms with Crippen LogP contribution in [0.3, 0.4) is 0 Å². The number of amides is 2. The van der Waals surface area contributed by atoms with Crippen LogP contribution in [0.2, 0.25) is 0 Å². The van der Waals surface area contributed by atoms with Gasteiger partial charge >= 0.3 is 5.97 Å². The Labute approximate surface area is 129 Å². The van der Waals surface area contributed by atoms with Gasteiger partial charge in [0.2, 0.25) is 5.91 Å². The fourth-order valence-corrected chi connectivity index (χ4v) is 2.54. The van der Waals surface area contributed by atoms with E-state index in [1.807, 2.05) is 6.92 Å². The van der Waals surface area contributed by atoms with Crippen LogP contribution in [0.25, 0.3) is 0 Å². The van der Waals surface area contributed by atoms with Crippen molar-refractivity contribution < 1.29 is 19.5 Å². The first-order chi connectivity index (χ1) is 10.5. The fraction of sp³-hybridized carbons (Fsp3) is 0.438. The van der Waals surface area contributed by atoms with Crippen molar-refractivity contribution in [3.8, 4) is 0 Å². The average molecular weight is 304 g/mol. The van der Waals surface area contributed by atoms with Crippen LogP contribution < -0.4 is 0 Å². The summed E-state index contributed by atoms with van der Waals surface area (Å²) < 4.78 is 0. The van der Waals surface area contributed by atoms with E-state index in [0.717, 1.165) is 12.8 Å². The average Bonchev–Trinajstić information content (AvgIpc) is 2.69. The molecule has 0 aromatic heterocycles. The molecule has 0 saturated carbocycles. The fourth-order valence-electron chi connectivity index (χ4n) is 2.54. The highest BCUT2D eigenvalue weighted by Gasteiger charge is 2.25. The molecule has 0 spiro atoms. The van der Waals surface area contributed by atoms with Gasteiger partial charge in [0.15, 0.2) is 0 Å². The van der Waals surface area contributed by atoms with E-state index < -0.39 is 5.97 Å². The van der Waals surface area contributed by atoms with E-state index >= 15 is 0 Å². The van der Waals surface area contributed by atoms with Gasteiger partial charge in [-0.25, -0.2) is 4.79 Å². The Morgan fingerprint density at radius 3 is 2.36 bits per heavy atom. The molecular weight excluding hydrogens is 284 g/mol. The van der Waals surface area contributed by atoms with Crippen molar-refractivity contribution in [2.45, 2.75) is 19.8 Å². The summed E-state index contributed by atoms with van der Waals surface area (Å²) >= 11 is 0. The standard InChI is InChI=1S/C16H20N2O4/c1-2-8-17-9-3-10-18(11-14(17)19)15(20)12-4-6-13(7-5-12)16(21)22/h4-7H,2-3,8-11H2,1H3,(H,21,22). The number of nitrogens with zero attached hydrogens (tertiary/aromatic N) is 2. The summed E-state index contributed by atoms with van der Waals surface area (Å²) in [6.07, 6.45) is 1.65. The molecule has 0 radical (unpaired) electrons. The van der Waals surface area contributed by atoms with Crippen LogP contribution in [-0.2, 0) is 4.79 Å². The van der Waals surface area contributed by atoms with Gasteiger partial charge in [-0.2, -0.15) is 0 Å². The summed E-state index contributed by atoms with van der Waals surface area (Å²) in [4.78, 5) is 38.8. The zero-order chi connectivity index (χ0) is 16.1. The largest absolute Gasteiger partial charge is 0.478 e. The van der Waals surface area contributed by atoms with E-state index in [1.54, 1.807) is 4.90 Å². The molecule has 2 amide bonds. The van der Waals surface area contributed by atoms with Crippen LogP contribution >= 0.6 is 0 Å². The molecule has 0 bridgehead atoms. The molecule has 1 aliphatic rings. The molecular formula is C16H20N2O4. The van der Waals surface area contributed by atoms with Crippen molar-refractivity contribution >= 4 is 17.8 Å². The molecule has 6 heteroatoms. The number of hydrogen-bond donors (Lipinski definition) is 1. The van der Waals surface area contributed by atoms with E-state index in [4.69, 9.17) is 5.11 Å². The number of carboxylic acids is 1. The molecule has 1 saturated heterocycles. The summed E-state index contributed by atoms with van der Waals surface area (Å²) in [5.74, 6) is -1.29. The lowest BCUT2D eigenvalue weighted by molar-refractivity contribution is -0.130. The third-order valence-corrected chi connectivity index (χ3v) is 3.69. The minimum absolute atomic E-state index is 0.0325. The SMILES string of the molecule is CCCN1CCCN(C(=O)c2ccc(C(=O)O)cc2)CC1=O. The third-order valence-electron chi connectivity index (χ3n) is 3.69. The highest BCUT2D eigenvalue weighted by atomic mass is 16.4. The molecule has 6 nitrogen and oxygen atoms in total. The van der Waals surface area contributed by atoms with Crippen LogP contribution in [0.4, 0.5) is 0 Å². The van der Waals surface area contributed by atoms with Gasteiger partial charge in [0.25, 0.3) is 5.91 Å². The monoisotopic (exact) mass is 304 g/mol. The Hall–Kier alpha value is -2.37. The molecule has 1 aromatic carbocycles. The number of benzene rings is 1. The molecule has 118 valence electrons. The lowest BCUT2D eigenvalue weighted by atomic mass is 10.1. The molecule has 0 atom stereocenters. The molecule has 1 fully saturated rings. The summed E-state index contributed by atoms with van der Waals surface area (Å²) in [5, 5.41) is 8.87. The van der Waals surface area contributed by atoms with Crippen molar-refractivity contribution in [3.05, 3.63) is 35.4 Å². The highest BCUT2D eigenvalue weighted by Crippen LogP contribution is 2.12. The predicted octanol–water partition coefficient (Wildman–Crippen LogP) is 1.47. The Kier molecular flexibility index (Phi) is 5.14. The van der Waals surface area contributed by atoms with Gasteiger partial charge in [0.05, 0.1) is 5.56 Å². The minimum Gasteiger partial charge on any atom is -0.478 e. The second kappa shape index (κ2) is 7.06. The maximum Gasteiger partial charge on any atom is 0.335 e. The van der Waals surface area contributed by atoms with E-state index in [0.29, 0.717) is 25.2 Å². The zero-order valence-electron chi connectivity index (χ0n) is 12.6. The van der Waals surface area contributed by atoms with Gasteiger partial charge < -0.3 is 14.9 Å². The predicted molar refractivity (Wildman–Crippen MR) is 80.8 cm³/mol. The lowest BCUT2D eigenvalue weighted by Crippen LogP contribution is -2.39. The van der Waals surface area contributed by atoms with Crippen molar-refractivity contribution in [2.75, 3.05) is 26.2 Å². The van der Waals surface area contributed by atoms with Crippen molar-refractivity contribution in [2.24, 2.45) is 0 Å². The molecule has 0 unspecified atom stereocenters. The number of carboxylic acid groups (broad SMARTS) is 1. The molecule has 2 rings (SSSR count). The van der Waals surface area contributed by atoms with Gasteiger partial charge in [-0.05, 0) is 37.1 Å². The second-order valence-electron chi connectivity index (χ2n) is 5.34. The van der Waals surface area contributed by atoms with Crippen molar-refractivity contribution in [3.63, 3.8) is 0 Å². The maximum atomic E-state index is 12.5. The summed E-state index contributed by atoms with van der Waals surface area (Å²) in [6.45, 7) is 4.03. The van der Waals surface area contributed by atoms with Gasteiger partial charge in [-0.3, -0.25) is 9.59 Å². The minimum atomic E-state index is -1.03.